The van der Waals surface area contributed by atoms with Crippen molar-refractivity contribution in [3.8, 4) is 0 Å². The minimum absolute atomic E-state index is 0.0241. The maximum absolute atomic E-state index is 13.0. The van der Waals surface area contributed by atoms with E-state index in [2.05, 4.69) is 4.72 Å². The Kier molecular flexibility index (Phi) is 5.08. The fourth-order valence-electron chi connectivity index (χ4n) is 3.14. The standard InChI is InChI=1S/C18H18FNO5S/c19-13-5-7-14(8-6-13)26(24,25)20-16-3-1-2-11-10-12(4-9-15(11)16)17(21)18(22)23/h4-10,16-17,20-21H,1-3H2,(H,22,23). The number of hydrogen-bond donors (Lipinski definition) is 3. The zero-order valence-electron chi connectivity index (χ0n) is 13.7. The van der Waals surface area contributed by atoms with Gasteiger partial charge < -0.3 is 10.2 Å². The lowest BCUT2D eigenvalue weighted by atomic mass is 9.86. The van der Waals surface area contributed by atoms with Crippen molar-refractivity contribution in [3.63, 3.8) is 0 Å². The van der Waals surface area contributed by atoms with Crippen LogP contribution in [0.1, 0.15) is 41.7 Å². The molecule has 0 aromatic heterocycles. The molecular weight excluding hydrogens is 361 g/mol. The van der Waals surface area contributed by atoms with Crippen LogP contribution in [0.15, 0.2) is 47.4 Å². The Morgan fingerprint density at radius 3 is 2.54 bits per heavy atom. The van der Waals surface area contributed by atoms with Crippen molar-refractivity contribution in [2.75, 3.05) is 0 Å². The van der Waals surface area contributed by atoms with E-state index in [0.29, 0.717) is 12.8 Å². The minimum atomic E-state index is -3.82. The molecule has 0 bridgehead atoms. The van der Waals surface area contributed by atoms with Gasteiger partial charge in [0.1, 0.15) is 5.82 Å². The first kappa shape index (κ1) is 18.5. The normalized spacial score (nSPS) is 18.2. The maximum Gasteiger partial charge on any atom is 0.337 e. The Bertz CT molecular complexity index is 927. The van der Waals surface area contributed by atoms with Gasteiger partial charge in [0.25, 0.3) is 0 Å². The van der Waals surface area contributed by atoms with E-state index in [0.717, 1.165) is 29.7 Å². The predicted molar refractivity (Wildman–Crippen MR) is 91.4 cm³/mol. The number of hydrogen-bond acceptors (Lipinski definition) is 4. The smallest absolute Gasteiger partial charge is 0.337 e. The SMILES string of the molecule is O=C(O)C(O)c1ccc2c(c1)CCCC2NS(=O)(=O)c1ccc(F)cc1. The summed E-state index contributed by atoms with van der Waals surface area (Å²) < 4.78 is 40.7. The molecule has 26 heavy (non-hydrogen) atoms. The summed E-state index contributed by atoms with van der Waals surface area (Å²) in [6.45, 7) is 0. The monoisotopic (exact) mass is 379 g/mol. The third kappa shape index (κ3) is 3.77. The second-order valence-electron chi connectivity index (χ2n) is 6.22. The van der Waals surface area contributed by atoms with Crippen molar-refractivity contribution in [3.05, 3.63) is 65.0 Å². The van der Waals surface area contributed by atoms with Crippen LogP contribution in [0.5, 0.6) is 0 Å². The highest BCUT2D eigenvalue weighted by Gasteiger charge is 2.27. The number of aryl methyl sites for hydroxylation is 1. The summed E-state index contributed by atoms with van der Waals surface area (Å²) in [4.78, 5) is 10.9. The number of rotatable bonds is 5. The second kappa shape index (κ2) is 7.14. The van der Waals surface area contributed by atoms with Crippen LogP contribution >= 0.6 is 0 Å². The summed E-state index contributed by atoms with van der Waals surface area (Å²) in [5.41, 5.74) is 1.82. The molecule has 3 rings (SSSR count). The highest BCUT2D eigenvalue weighted by Crippen LogP contribution is 2.33. The summed E-state index contributed by atoms with van der Waals surface area (Å²) in [5, 5.41) is 18.6. The molecule has 2 unspecified atom stereocenters. The highest BCUT2D eigenvalue weighted by atomic mass is 32.2. The molecule has 1 aliphatic carbocycles. The molecule has 2 aromatic rings. The molecule has 0 saturated heterocycles. The van der Waals surface area contributed by atoms with Crippen LogP contribution < -0.4 is 4.72 Å². The van der Waals surface area contributed by atoms with Crippen LogP contribution in [-0.4, -0.2) is 24.6 Å². The van der Waals surface area contributed by atoms with E-state index in [1.54, 1.807) is 12.1 Å². The van der Waals surface area contributed by atoms with E-state index in [1.165, 1.54) is 18.2 Å². The molecule has 2 aromatic carbocycles. The Hall–Kier alpha value is -2.29. The van der Waals surface area contributed by atoms with Crippen LogP contribution in [0.25, 0.3) is 0 Å². The Morgan fingerprint density at radius 1 is 1.19 bits per heavy atom. The first-order chi connectivity index (χ1) is 12.3. The van der Waals surface area contributed by atoms with Crippen molar-refractivity contribution in [1.29, 1.82) is 0 Å². The zero-order valence-corrected chi connectivity index (χ0v) is 14.5. The molecule has 3 N–H and O–H groups in total. The van der Waals surface area contributed by atoms with Crippen molar-refractivity contribution in [1.82, 2.24) is 4.72 Å². The summed E-state index contributed by atoms with van der Waals surface area (Å²) >= 11 is 0. The van der Waals surface area contributed by atoms with Gasteiger partial charge in [-0.15, -0.1) is 0 Å². The van der Waals surface area contributed by atoms with Crippen molar-refractivity contribution < 1.29 is 27.8 Å². The van der Waals surface area contributed by atoms with Gasteiger partial charge in [-0.3, -0.25) is 0 Å². The Labute approximate surface area is 150 Å². The van der Waals surface area contributed by atoms with Crippen LogP contribution in [0.2, 0.25) is 0 Å². The van der Waals surface area contributed by atoms with Gasteiger partial charge in [0.05, 0.1) is 4.90 Å². The van der Waals surface area contributed by atoms with Crippen molar-refractivity contribution in [2.24, 2.45) is 0 Å². The number of aliphatic carboxylic acids is 1. The lowest BCUT2D eigenvalue weighted by molar-refractivity contribution is -0.146. The third-order valence-electron chi connectivity index (χ3n) is 4.45. The lowest BCUT2D eigenvalue weighted by Gasteiger charge is -2.27. The van der Waals surface area contributed by atoms with Crippen molar-refractivity contribution >= 4 is 16.0 Å². The molecule has 0 aliphatic heterocycles. The molecular formula is C18H18FNO5S. The van der Waals surface area contributed by atoms with E-state index >= 15 is 0 Å². The quantitative estimate of drug-likeness (QED) is 0.740. The zero-order chi connectivity index (χ0) is 18.9. The number of sulfonamides is 1. The number of benzene rings is 2. The molecule has 1 aliphatic rings. The summed E-state index contributed by atoms with van der Waals surface area (Å²) in [6.07, 6.45) is 0.367. The van der Waals surface area contributed by atoms with Crippen molar-refractivity contribution in [2.45, 2.75) is 36.3 Å². The Morgan fingerprint density at radius 2 is 1.88 bits per heavy atom. The third-order valence-corrected chi connectivity index (χ3v) is 5.94. The van der Waals surface area contributed by atoms with Gasteiger partial charge >= 0.3 is 5.97 Å². The van der Waals surface area contributed by atoms with E-state index in [9.17, 15) is 22.7 Å². The van der Waals surface area contributed by atoms with Crippen LogP contribution in [0.4, 0.5) is 4.39 Å². The number of fused-ring (bicyclic) bond motifs is 1. The van der Waals surface area contributed by atoms with E-state index in [-0.39, 0.29) is 10.5 Å². The van der Waals surface area contributed by atoms with Gasteiger partial charge in [0, 0.05) is 6.04 Å². The van der Waals surface area contributed by atoms with E-state index in [4.69, 9.17) is 5.11 Å². The molecule has 0 amide bonds. The number of aliphatic hydroxyl groups is 1. The Balaban J connectivity index is 1.87. The average Bonchev–Trinajstić information content (AvgIpc) is 2.61. The highest BCUT2D eigenvalue weighted by molar-refractivity contribution is 7.89. The fourth-order valence-corrected chi connectivity index (χ4v) is 4.39. The molecule has 0 fully saturated rings. The predicted octanol–water partition coefficient (Wildman–Crippen LogP) is 2.30. The molecule has 0 heterocycles. The minimum Gasteiger partial charge on any atom is -0.479 e. The van der Waals surface area contributed by atoms with E-state index < -0.39 is 34.0 Å². The number of halogens is 1. The molecule has 0 radical (unpaired) electrons. The van der Waals surface area contributed by atoms with Gasteiger partial charge in [-0.1, -0.05) is 18.2 Å². The topological polar surface area (TPSA) is 104 Å². The first-order valence-corrected chi connectivity index (χ1v) is 9.58. The van der Waals surface area contributed by atoms with E-state index in [1.807, 2.05) is 0 Å². The van der Waals surface area contributed by atoms with Gasteiger partial charge in [-0.2, -0.15) is 0 Å². The van der Waals surface area contributed by atoms with Crippen LogP contribution in [0, 0.1) is 5.82 Å². The summed E-state index contributed by atoms with van der Waals surface area (Å²) in [5.74, 6) is -1.86. The van der Waals surface area contributed by atoms with Gasteiger partial charge in [0.2, 0.25) is 10.0 Å². The fraction of sp³-hybridized carbons (Fsp3) is 0.278. The number of carboxylic acids is 1. The lowest BCUT2D eigenvalue weighted by Crippen LogP contribution is -2.31. The van der Waals surface area contributed by atoms with Crippen LogP contribution in [0.3, 0.4) is 0 Å². The molecule has 138 valence electrons. The first-order valence-electron chi connectivity index (χ1n) is 8.09. The number of nitrogens with one attached hydrogen (secondary N) is 1. The largest absolute Gasteiger partial charge is 0.479 e. The molecule has 0 spiro atoms. The number of carboxylic acid groups (broad SMARTS) is 1. The average molecular weight is 379 g/mol. The van der Waals surface area contributed by atoms with Gasteiger partial charge in [0.15, 0.2) is 6.10 Å². The molecule has 8 heteroatoms. The second-order valence-corrected chi connectivity index (χ2v) is 7.93. The number of aliphatic hydroxyl groups excluding tert-OH is 1. The van der Waals surface area contributed by atoms with Gasteiger partial charge in [-0.25, -0.2) is 22.3 Å². The molecule has 2 atom stereocenters. The summed E-state index contributed by atoms with van der Waals surface area (Å²) in [6, 6.07) is 8.85. The molecule has 0 saturated carbocycles. The van der Waals surface area contributed by atoms with Gasteiger partial charge in [-0.05, 0) is 60.2 Å². The van der Waals surface area contributed by atoms with Crippen LogP contribution in [-0.2, 0) is 21.2 Å². The summed E-state index contributed by atoms with van der Waals surface area (Å²) in [7, 11) is -3.82. The number of carbonyl (C=O) groups is 1. The maximum atomic E-state index is 13.0. The molecule has 6 nitrogen and oxygen atoms in total.